The van der Waals surface area contributed by atoms with E-state index in [2.05, 4.69) is 29.1 Å². The molecule has 0 aromatic carbocycles. The number of hydrogen-bond acceptors (Lipinski definition) is 4. The highest BCUT2D eigenvalue weighted by Crippen LogP contribution is 2.07. The average molecular weight is 190 g/mol. The van der Waals surface area contributed by atoms with Crippen molar-refractivity contribution in [1.82, 2.24) is 9.97 Å². The van der Waals surface area contributed by atoms with Crippen LogP contribution in [0.4, 0.5) is 5.82 Å². The lowest BCUT2D eigenvalue weighted by molar-refractivity contribution is 0.668. The van der Waals surface area contributed by atoms with E-state index in [4.69, 9.17) is 5.26 Å². The van der Waals surface area contributed by atoms with Crippen LogP contribution in [0.1, 0.15) is 32.4 Å². The number of aromatic nitrogens is 2. The fraction of sp³-hybridized carbons (Fsp3) is 0.500. The van der Waals surface area contributed by atoms with E-state index in [-0.39, 0.29) is 0 Å². The molecule has 74 valence electrons. The van der Waals surface area contributed by atoms with Crippen molar-refractivity contribution < 1.29 is 0 Å². The third-order valence-electron chi connectivity index (χ3n) is 2.10. The Labute approximate surface area is 84.0 Å². The predicted molar refractivity (Wildman–Crippen MR) is 54.7 cm³/mol. The Bertz CT molecular complexity index is 308. The van der Waals surface area contributed by atoms with Crippen LogP contribution in [0.3, 0.4) is 0 Å². The summed E-state index contributed by atoms with van der Waals surface area (Å²) in [6.07, 6.45) is 5.18. The second-order valence-corrected chi connectivity index (χ2v) is 3.06. The van der Waals surface area contributed by atoms with Crippen LogP contribution in [-0.2, 0) is 0 Å². The van der Waals surface area contributed by atoms with Crippen molar-refractivity contribution in [1.29, 1.82) is 5.26 Å². The van der Waals surface area contributed by atoms with Crippen LogP contribution in [0.25, 0.3) is 0 Å². The molecule has 0 aliphatic carbocycles. The SMILES string of the molecule is CCC(CC)Nc1cnc(C#N)cn1. The first-order valence-corrected chi connectivity index (χ1v) is 4.78. The maximum atomic E-state index is 8.53. The van der Waals surface area contributed by atoms with Crippen molar-refractivity contribution in [2.75, 3.05) is 5.32 Å². The lowest BCUT2D eigenvalue weighted by atomic mass is 10.2. The number of hydrogen-bond donors (Lipinski definition) is 1. The molecule has 4 nitrogen and oxygen atoms in total. The summed E-state index contributed by atoms with van der Waals surface area (Å²) in [5.74, 6) is 0.734. The highest BCUT2D eigenvalue weighted by molar-refractivity contribution is 5.34. The van der Waals surface area contributed by atoms with Crippen LogP contribution in [0.15, 0.2) is 12.4 Å². The molecule has 0 saturated carbocycles. The van der Waals surface area contributed by atoms with Crippen LogP contribution in [0.2, 0.25) is 0 Å². The normalized spacial score (nSPS) is 9.86. The molecule has 0 unspecified atom stereocenters. The number of nitrogens with one attached hydrogen (secondary N) is 1. The van der Waals surface area contributed by atoms with E-state index in [1.54, 1.807) is 6.20 Å². The van der Waals surface area contributed by atoms with Gasteiger partial charge in [0.25, 0.3) is 0 Å². The van der Waals surface area contributed by atoms with Crippen molar-refractivity contribution in [3.63, 3.8) is 0 Å². The van der Waals surface area contributed by atoms with Gasteiger partial charge in [0, 0.05) is 6.04 Å². The molecule has 0 atom stereocenters. The maximum absolute atomic E-state index is 8.53. The zero-order chi connectivity index (χ0) is 10.4. The zero-order valence-corrected chi connectivity index (χ0v) is 8.49. The van der Waals surface area contributed by atoms with Gasteiger partial charge in [0.05, 0.1) is 12.4 Å². The smallest absolute Gasteiger partial charge is 0.158 e. The van der Waals surface area contributed by atoms with Crippen LogP contribution >= 0.6 is 0 Å². The lowest BCUT2D eigenvalue weighted by Gasteiger charge is -2.14. The van der Waals surface area contributed by atoms with Crippen LogP contribution < -0.4 is 5.32 Å². The Morgan fingerprint density at radius 2 is 2.07 bits per heavy atom. The maximum Gasteiger partial charge on any atom is 0.158 e. The Morgan fingerprint density at radius 1 is 1.36 bits per heavy atom. The average Bonchev–Trinajstić information content (AvgIpc) is 2.26. The van der Waals surface area contributed by atoms with Gasteiger partial charge in [-0.15, -0.1) is 0 Å². The number of rotatable bonds is 4. The summed E-state index contributed by atoms with van der Waals surface area (Å²) in [5, 5.41) is 11.8. The van der Waals surface area contributed by atoms with Gasteiger partial charge in [-0.25, -0.2) is 9.97 Å². The van der Waals surface area contributed by atoms with Crippen molar-refractivity contribution in [3.8, 4) is 6.07 Å². The predicted octanol–water partition coefficient (Wildman–Crippen LogP) is 1.95. The molecular weight excluding hydrogens is 176 g/mol. The summed E-state index contributed by atoms with van der Waals surface area (Å²) in [6, 6.07) is 2.36. The van der Waals surface area contributed by atoms with Gasteiger partial charge in [-0.2, -0.15) is 5.26 Å². The van der Waals surface area contributed by atoms with Crippen LogP contribution in [-0.4, -0.2) is 16.0 Å². The monoisotopic (exact) mass is 190 g/mol. The van der Waals surface area contributed by atoms with Gasteiger partial charge in [-0.3, -0.25) is 0 Å². The van der Waals surface area contributed by atoms with Crippen LogP contribution in [0.5, 0.6) is 0 Å². The minimum atomic E-state index is 0.347. The van der Waals surface area contributed by atoms with Crippen molar-refractivity contribution in [2.45, 2.75) is 32.7 Å². The largest absolute Gasteiger partial charge is 0.366 e. The molecule has 0 saturated heterocycles. The van der Waals surface area contributed by atoms with E-state index in [9.17, 15) is 0 Å². The summed E-state index contributed by atoms with van der Waals surface area (Å²) in [4.78, 5) is 8.02. The van der Waals surface area contributed by atoms with E-state index in [0.717, 1.165) is 18.7 Å². The van der Waals surface area contributed by atoms with E-state index in [1.165, 1.54) is 6.20 Å². The number of anilines is 1. The molecule has 4 heteroatoms. The third kappa shape index (κ3) is 2.70. The highest BCUT2D eigenvalue weighted by atomic mass is 15.0. The minimum Gasteiger partial charge on any atom is -0.366 e. The first kappa shape index (κ1) is 10.5. The molecule has 0 aliphatic heterocycles. The van der Waals surface area contributed by atoms with Crippen molar-refractivity contribution >= 4 is 5.82 Å². The van der Waals surface area contributed by atoms with E-state index in [0.29, 0.717) is 11.7 Å². The molecule has 0 aliphatic rings. The standard InChI is InChI=1S/C10H14N4/c1-3-8(4-2)14-10-7-12-9(5-11)6-13-10/h6-8H,3-4H2,1-2H3,(H,13,14). The van der Waals surface area contributed by atoms with Gasteiger partial charge >= 0.3 is 0 Å². The van der Waals surface area contributed by atoms with Gasteiger partial charge in [0.1, 0.15) is 11.9 Å². The summed E-state index contributed by atoms with van der Waals surface area (Å²) >= 11 is 0. The van der Waals surface area contributed by atoms with E-state index in [1.807, 2.05) is 6.07 Å². The summed E-state index contributed by atoms with van der Waals surface area (Å²) in [5.41, 5.74) is 0.347. The summed E-state index contributed by atoms with van der Waals surface area (Å²) in [6.45, 7) is 4.25. The first-order valence-electron chi connectivity index (χ1n) is 4.78. The zero-order valence-electron chi connectivity index (χ0n) is 8.49. The molecule has 0 radical (unpaired) electrons. The molecule has 1 aromatic heterocycles. The number of nitrogens with zero attached hydrogens (tertiary/aromatic N) is 3. The second-order valence-electron chi connectivity index (χ2n) is 3.06. The Kier molecular flexibility index (Phi) is 3.86. The Hall–Kier alpha value is -1.63. The lowest BCUT2D eigenvalue weighted by Crippen LogP contribution is -2.17. The van der Waals surface area contributed by atoms with E-state index < -0.39 is 0 Å². The first-order chi connectivity index (χ1) is 6.80. The minimum absolute atomic E-state index is 0.347. The highest BCUT2D eigenvalue weighted by Gasteiger charge is 2.03. The number of nitriles is 1. The second kappa shape index (κ2) is 5.18. The quantitative estimate of drug-likeness (QED) is 0.788. The molecule has 1 N–H and O–H groups in total. The molecule has 0 bridgehead atoms. The van der Waals surface area contributed by atoms with Crippen molar-refractivity contribution in [2.24, 2.45) is 0 Å². The topological polar surface area (TPSA) is 61.6 Å². The van der Waals surface area contributed by atoms with Gasteiger partial charge < -0.3 is 5.32 Å². The van der Waals surface area contributed by atoms with E-state index >= 15 is 0 Å². The summed E-state index contributed by atoms with van der Waals surface area (Å²) in [7, 11) is 0. The molecular formula is C10H14N4. The third-order valence-corrected chi connectivity index (χ3v) is 2.10. The van der Waals surface area contributed by atoms with Gasteiger partial charge in [0.2, 0.25) is 0 Å². The van der Waals surface area contributed by atoms with Crippen molar-refractivity contribution in [3.05, 3.63) is 18.1 Å². The molecule has 1 aromatic rings. The van der Waals surface area contributed by atoms with Gasteiger partial charge in [0.15, 0.2) is 5.69 Å². The van der Waals surface area contributed by atoms with Gasteiger partial charge in [-0.1, -0.05) is 13.8 Å². The molecule has 0 amide bonds. The van der Waals surface area contributed by atoms with Gasteiger partial charge in [-0.05, 0) is 12.8 Å². The molecule has 14 heavy (non-hydrogen) atoms. The fourth-order valence-corrected chi connectivity index (χ4v) is 1.16. The Morgan fingerprint density at radius 3 is 2.50 bits per heavy atom. The molecule has 0 fully saturated rings. The molecule has 1 rings (SSSR count). The summed E-state index contributed by atoms with van der Waals surface area (Å²) < 4.78 is 0. The molecule has 0 spiro atoms. The Balaban J connectivity index is 2.64. The molecule has 1 heterocycles. The van der Waals surface area contributed by atoms with Crippen LogP contribution in [0, 0.1) is 11.3 Å². The fourth-order valence-electron chi connectivity index (χ4n) is 1.16.